The van der Waals surface area contributed by atoms with Crippen LogP contribution in [0.1, 0.15) is 71.3 Å². The van der Waals surface area contributed by atoms with Crippen molar-refractivity contribution in [1.29, 1.82) is 0 Å². The third kappa shape index (κ3) is 4.88. The molecule has 0 saturated carbocycles. The van der Waals surface area contributed by atoms with Crippen LogP contribution in [0.5, 0.6) is 5.75 Å². The molecule has 3 heterocycles. The van der Waals surface area contributed by atoms with Crippen LogP contribution >= 0.6 is 0 Å². The van der Waals surface area contributed by atoms with Gasteiger partial charge in [-0.3, -0.25) is 9.59 Å². The van der Waals surface area contributed by atoms with Crippen molar-refractivity contribution in [1.82, 2.24) is 14.8 Å². The maximum atomic E-state index is 13.3. The molecule has 178 valence electrons. The lowest BCUT2D eigenvalue weighted by Crippen LogP contribution is -2.35. The minimum absolute atomic E-state index is 0.0520. The highest BCUT2D eigenvalue weighted by atomic mass is 19.3. The molecular weight excluding hydrogens is 432 g/mol. The molecule has 1 fully saturated rings. The molecule has 0 radical (unpaired) electrons. The summed E-state index contributed by atoms with van der Waals surface area (Å²) in [6, 6.07) is 7.77. The van der Waals surface area contributed by atoms with Crippen molar-refractivity contribution < 1.29 is 27.8 Å². The zero-order valence-electron chi connectivity index (χ0n) is 18.9. The monoisotopic (exact) mass is 461 g/mol. The number of alkyl halides is 2. The molecule has 1 aromatic carbocycles. The smallest absolute Gasteiger partial charge is 0.387 e. The quantitative estimate of drug-likeness (QED) is 0.673. The standard InChI is InChI=1S/C24H29F2N3O4/c1-3-19(16-6-8-17(9-7-16)33-24(25)26)27-22(30)18-13-20(29-11-12-32-14-21(18)29)23(31)28-10-4-5-15(28)2/h6-9,13,15,19,24H,3-5,10-12,14H2,1-2H3,(H,27,30)/t15?,19-/m1/s1. The van der Waals surface area contributed by atoms with Crippen LogP contribution in [0.4, 0.5) is 8.78 Å². The molecule has 1 aromatic heterocycles. The predicted molar refractivity (Wildman–Crippen MR) is 117 cm³/mol. The van der Waals surface area contributed by atoms with E-state index in [0.717, 1.165) is 24.9 Å². The number of carbonyl (C=O) groups is 2. The molecule has 0 aliphatic carbocycles. The van der Waals surface area contributed by atoms with Gasteiger partial charge in [0.15, 0.2) is 0 Å². The fraction of sp³-hybridized carbons (Fsp3) is 0.500. The summed E-state index contributed by atoms with van der Waals surface area (Å²) < 4.78 is 36.7. The number of likely N-dealkylation sites (tertiary alicyclic amines) is 1. The summed E-state index contributed by atoms with van der Waals surface area (Å²) in [5.41, 5.74) is 2.43. The maximum absolute atomic E-state index is 13.3. The molecule has 2 atom stereocenters. The first-order valence-corrected chi connectivity index (χ1v) is 11.4. The Bertz CT molecular complexity index is 1010. The summed E-state index contributed by atoms with van der Waals surface area (Å²) in [5.74, 6) is -0.283. The van der Waals surface area contributed by atoms with Gasteiger partial charge >= 0.3 is 6.61 Å². The molecule has 0 spiro atoms. The van der Waals surface area contributed by atoms with Gasteiger partial charge < -0.3 is 24.3 Å². The van der Waals surface area contributed by atoms with Crippen LogP contribution < -0.4 is 10.1 Å². The lowest BCUT2D eigenvalue weighted by atomic mass is 10.0. The molecule has 1 N–H and O–H groups in total. The number of hydrogen-bond acceptors (Lipinski definition) is 4. The number of benzene rings is 1. The van der Waals surface area contributed by atoms with E-state index in [-0.39, 0.29) is 36.3 Å². The van der Waals surface area contributed by atoms with E-state index < -0.39 is 6.61 Å². The number of ether oxygens (including phenoxy) is 2. The number of nitrogens with zero attached hydrogens (tertiary/aromatic N) is 2. The Labute approximate surface area is 191 Å². The second-order valence-electron chi connectivity index (χ2n) is 8.47. The maximum Gasteiger partial charge on any atom is 0.387 e. The predicted octanol–water partition coefficient (Wildman–Crippen LogP) is 4.13. The van der Waals surface area contributed by atoms with Crippen LogP contribution in [-0.4, -0.2) is 47.1 Å². The van der Waals surface area contributed by atoms with Crippen molar-refractivity contribution in [2.45, 2.75) is 65.0 Å². The lowest BCUT2D eigenvalue weighted by molar-refractivity contribution is -0.0498. The van der Waals surface area contributed by atoms with Gasteiger partial charge in [-0.05, 0) is 49.9 Å². The number of hydrogen-bond donors (Lipinski definition) is 1. The largest absolute Gasteiger partial charge is 0.435 e. The Kier molecular flexibility index (Phi) is 6.97. The number of amides is 2. The van der Waals surface area contributed by atoms with E-state index in [4.69, 9.17) is 4.74 Å². The van der Waals surface area contributed by atoms with Gasteiger partial charge in [0.1, 0.15) is 11.4 Å². The van der Waals surface area contributed by atoms with Gasteiger partial charge in [0.2, 0.25) is 0 Å². The minimum Gasteiger partial charge on any atom is -0.435 e. The molecule has 9 heteroatoms. The van der Waals surface area contributed by atoms with Gasteiger partial charge in [0, 0.05) is 19.1 Å². The van der Waals surface area contributed by atoms with Crippen molar-refractivity contribution in [3.8, 4) is 5.75 Å². The Morgan fingerprint density at radius 3 is 2.64 bits per heavy atom. The van der Waals surface area contributed by atoms with Gasteiger partial charge in [-0.15, -0.1) is 0 Å². The van der Waals surface area contributed by atoms with E-state index in [1.54, 1.807) is 18.2 Å². The van der Waals surface area contributed by atoms with E-state index in [9.17, 15) is 18.4 Å². The molecular formula is C24H29F2N3O4. The summed E-state index contributed by atoms with van der Waals surface area (Å²) in [6.07, 6.45) is 2.57. The molecule has 2 aliphatic rings. The molecule has 2 aliphatic heterocycles. The Balaban J connectivity index is 1.56. The van der Waals surface area contributed by atoms with Gasteiger partial charge in [-0.1, -0.05) is 19.1 Å². The van der Waals surface area contributed by atoms with Crippen molar-refractivity contribution >= 4 is 11.8 Å². The minimum atomic E-state index is -2.89. The molecule has 2 aromatic rings. The average Bonchev–Trinajstić information content (AvgIpc) is 3.41. The van der Waals surface area contributed by atoms with Crippen LogP contribution in [0.3, 0.4) is 0 Å². The summed E-state index contributed by atoms with van der Waals surface area (Å²) in [4.78, 5) is 28.4. The second kappa shape index (κ2) is 9.91. The van der Waals surface area contributed by atoms with Crippen LogP contribution in [0.25, 0.3) is 0 Å². The summed E-state index contributed by atoms with van der Waals surface area (Å²) in [6.45, 7) is 3.09. The molecule has 0 bridgehead atoms. The van der Waals surface area contributed by atoms with Crippen LogP contribution in [0.15, 0.2) is 30.3 Å². The number of halogens is 2. The van der Waals surface area contributed by atoms with E-state index in [1.807, 2.05) is 23.3 Å². The summed E-state index contributed by atoms with van der Waals surface area (Å²) in [5, 5.41) is 3.02. The lowest BCUT2D eigenvalue weighted by Gasteiger charge is -2.24. The molecule has 1 unspecified atom stereocenters. The molecule has 2 amide bonds. The third-order valence-electron chi connectivity index (χ3n) is 6.41. The van der Waals surface area contributed by atoms with E-state index in [1.165, 1.54) is 12.1 Å². The van der Waals surface area contributed by atoms with Crippen LogP contribution in [0.2, 0.25) is 0 Å². The van der Waals surface area contributed by atoms with Crippen molar-refractivity contribution in [2.75, 3.05) is 13.2 Å². The third-order valence-corrected chi connectivity index (χ3v) is 6.41. The zero-order chi connectivity index (χ0) is 23.5. The van der Waals surface area contributed by atoms with Gasteiger partial charge in [-0.2, -0.15) is 8.78 Å². The highest BCUT2D eigenvalue weighted by molar-refractivity contribution is 6.01. The van der Waals surface area contributed by atoms with Crippen LogP contribution in [0, 0.1) is 0 Å². The number of nitrogens with one attached hydrogen (secondary N) is 1. The first-order chi connectivity index (χ1) is 15.9. The molecule has 7 nitrogen and oxygen atoms in total. The zero-order valence-corrected chi connectivity index (χ0v) is 18.9. The molecule has 33 heavy (non-hydrogen) atoms. The Hall–Kier alpha value is -2.94. The fourth-order valence-corrected chi connectivity index (χ4v) is 4.62. The van der Waals surface area contributed by atoms with Crippen LogP contribution in [-0.2, 0) is 17.9 Å². The number of carbonyl (C=O) groups excluding carboxylic acids is 2. The average molecular weight is 462 g/mol. The first-order valence-electron chi connectivity index (χ1n) is 11.4. The van der Waals surface area contributed by atoms with Gasteiger partial charge in [0.25, 0.3) is 11.8 Å². The highest BCUT2D eigenvalue weighted by Crippen LogP contribution is 2.27. The number of aromatic nitrogens is 1. The fourth-order valence-electron chi connectivity index (χ4n) is 4.62. The Morgan fingerprint density at radius 2 is 2.00 bits per heavy atom. The van der Waals surface area contributed by atoms with Crippen molar-refractivity contribution in [3.05, 3.63) is 52.8 Å². The van der Waals surface area contributed by atoms with E-state index in [2.05, 4.69) is 10.1 Å². The van der Waals surface area contributed by atoms with Crippen molar-refractivity contribution in [2.24, 2.45) is 0 Å². The summed E-state index contributed by atoms with van der Waals surface area (Å²) >= 11 is 0. The number of fused-ring (bicyclic) bond motifs is 1. The van der Waals surface area contributed by atoms with Gasteiger partial charge in [0.05, 0.1) is 30.5 Å². The van der Waals surface area contributed by atoms with Crippen molar-refractivity contribution in [3.63, 3.8) is 0 Å². The molecule has 4 rings (SSSR count). The van der Waals surface area contributed by atoms with Gasteiger partial charge in [-0.25, -0.2) is 0 Å². The molecule has 1 saturated heterocycles. The van der Waals surface area contributed by atoms with E-state index in [0.29, 0.717) is 36.5 Å². The SMILES string of the molecule is CC[C@@H](NC(=O)c1cc(C(=O)N2CCCC2C)n2c1COCC2)c1ccc(OC(F)F)cc1. The van der Waals surface area contributed by atoms with E-state index >= 15 is 0 Å². The summed E-state index contributed by atoms with van der Waals surface area (Å²) in [7, 11) is 0. The topological polar surface area (TPSA) is 72.8 Å². The Morgan fingerprint density at radius 1 is 1.24 bits per heavy atom. The normalized spacial score (nSPS) is 18.8. The second-order valence-corrected chi connectivity index (χ2v) is 8.47. The first kappa shape index (κ1) is 23.2. The number of rotatable bonds is 7. The highest BCUT2D eigenvalue weighted by Gasteiger charge is 2.32.